The lowest BCUT2D eigenvalue weighted by molar-refractivity contribution is -0.384. The van der Waals surface area contributed by atoms with Gasteiger partial charge >= 0.3 is 6.18 Å². The van der Waals surface area contributed by atoms with E-state index >= 15 is 0 Å². The van der Waals surface area contributed by atoms with Crippen molar-refractivity contribution in [3.05, 3.63) is 32.8 Å². The minimum Gasteiger partial charge on any atom is -0.388 e. The van der Waals surface area contributed by atoms with Gasteiger partial charge in [0.05, 0.1) is 21.1 Å². The number of halogens is 4. The summed E-state index contributed by atoms with van der Waals surface area (Å²) in [5.74, 6) is 0. The summed E-state index contributed by atoms with van der Waals surface area (Å²) in [6.07, 6.45) is -4.40. The lowest BCUT2D eigenvalue weighted by Gasteiger charge is -2.21. The second kappa shape index (κ2) is 5.03. The largest absolute Gasteiger partial charge is 0.418 e. The fraction of sp³-hybridized carbons (Fsp3) is 0.500. The molecule has 1 saturated heterocycles. The molecule has 0 amide bonds. The van der Waals surface area contributed by atoms with Crippen LogP contribution in [0.3, 0.4) is 0 Å². The Kier molecular flexibility index (Phi) is 3.79. The molecule has 1 atom stereocenters. The number of nitrogens with zero attached hydrogens (tertiary/aromatic N) is 2. The van der Waals surface area contributed by atoms with Gasteiger partial charge in [-0.25, -0.2) is 0 Å². The van der Waals surface area contributed by atoms with Crippen LogP contribution in [-0.4, -0.2) is 28.7 Å². The Morgan fingerprint density at radius 3 is 2.52 bits per heavy atom. The minimum absolute atomic E-state index is 0.0178. The van der Waals surface area contributed by atoms with Crippen molar-refractivity contribution in [2.75, 3.05) is 18.0 Å². The predicted octanol–water partition coefficient (Wildman–Crippen LogP) is 3.23. The molecule has 9 heteroatoms. The summed E-state index contributed by atoms with van der Waals surface area (Å²) < 4.78 is 38.3. The molecular formula is C12H12ClF3N2O3. The van der Waals surface area contributed by atoms with Gasteiger partial charge in [-0.1, -0.05) is 11.6 Å². The second-order valence-electron chi connectivity index (χ2n) is 5.24. The maximum absolute atomic E-state index is 12.8. The van der Waals surface area contributed by atoms with Gasteiger partial charge in [0.1, 0.15) is 5.69 Å². The Hall–Kier alpha value is -1.54. The van der Waals surface area contributed by atoms with E-state index in [2.05, 4.69) is 0 Å². The minimum atomic E-state index is -4.77. The molecule has 1 unspecified atom stereocenters. The van der Waals surface area contributed by atoms with Crippen LogP contribution in [0.25, 0.3) is 0 Å². The van der Waals surface area contributed by atoms with Crippen molar-refractivity contribution in [1.29, 1.82) is 0 Å². The first-order valence-electron chi connectivity index (χ1n) is 6.04. The Bertz CT molecular complexity index is 590. The van der Waals surface area contributed by atoms with Crippen LogP contribution in [0.5, 0.6) is 0 Å². The zero-order valence-corrected chi connectivity index (χ0v) is 11.7. The van der Waals surface area contributed by atoms with Crippen LogP contribution < -0.4 is 4.90 Å². The van der Waals surface area contributed by atoms with Crippen molar-refractivity contribution in [1.82, 2.24) is 0 Å². The third-order valence-electron chi connectivity index (χ3n) is 3.36. The van der Waals surface area contributed by atoms with Crippen LogP contribution in [0.15, 0.2) is 12.1 Å². The van der Waals surface area contributed by atoms with E-state index in [-0.39, 0.29) is 12.2 Å². The van der Waals surface area contributed by atoms with Crippen molar-refractivity contribution in [2.24, 2.45) is 0 Å². The quantitative estimate of drug-likeness (QED) is 0.670. The van der Waals surface area contributed by atoms with E-state index in [1.54, 1.807) is 6.92 Å². The molecule has 0 bridgehead atoms. The molecule has 1 aliphatic rings. The molecule has 0 saturated carbocycles. The van der Waals surface area contributed by atoms with Crippen LogP contribution in [0.1, 0.15) is 18.9 Å². The Morgan fingerprint density at radius 1 is 1.48 bits per heavy atom. The molecule has 0 radical (unpaired) electrons. The van der Waals surface area contributed by atoms with Gasteiger partial charge in [-0.15, -0.1) is 0 Å². The highest BCUT2D eigenvalue weighted by molar-refractivity contribution is 6.31. The van der Waals surface area contributed by atoms with Crippen molar-refractivity contribution < 1.29 is 23.2 Å². The summed E-state index contributed by atoms with van der Waals surface area (Å²) in [7, 11) is 0. The average molecular weight is 325 g/mol. The number of alkyl halides is 3. The maximum Gasteiger partial charge on any atom is 0.418 e. The molecule has 1 aromatic rings. The van der Waals surface area contributed by atoms with Gasteiger partial charge in [0, 0.05) is 19.2 Å². The highest BCUT2D eigenvalue weighted by Gasteiger charge is 2.39. The first kappa shape index (κ1) is 15.8. The lowest BCUT2D eigenvalue weighted by Crippen LogP contribution is -2.30. The van der Waals surface area contributed by atoms with Crippen molar-refractivity contribution in [3.8, 4) is 0 Å². The zero-order chi connectivity index (χ0) is 16.0. The van der Waals surface area contributed by atoms with Crippen LogP contribution in [0.2, 0.25) is 5.02 Å². The molecule has 1 aromatic carbocycles. The number of nitro benzene ring substituents is 1. The first-order valence-corrected chi connectivity index (χ1v) is 6.41. The molecule has 1 heterocycles. The molecule has 0 aliphatic carbocycles. The number of benzene rings is 1. The number of anilines is 1. The van der Waals surface area contributed by atoms with Gasteiger partial charge in [0.25, 0.3) is 5.69 Å². The number of hydrogen-bond acceptors (Lipinski definition) is 4. The normalized spacial score (nSPS) is 22.7. The monoisotopic (exact) mass is 324 g/mol. The zero-order valence-electron chi connectivity index (χ0n) is 10.9. The summed E-state index contributed by atoms with van der Waals surface area (Å²) in [6.45, 7) is 1.95. The number of rotatable bonds is 2. The van der Waals surface area contributed by atoms with E-state index in [0.29, 0.717) is 19.0 Å². The maximum atomic E-state index is 12.8. The molecule has 0 spiro atoms. The third kappa shape index (κ3) is 3.21. The van der Waals surface area contributed by atoms with Gasteiger partial charge in [-0.2, -0.15) is 13.2 Å². The Balaban J connectivity index is 2.52. The first-order chi connectivity index (χ1) is 9.51. The van der Waals surface area contributed by atoms with E-state index in [9.17, 15) is 28.4 Å². The van der Waals surface area contributed by atoms with Crippen molar-refractivity contribution in [3.63, 3.8) is 0 Å². The highest BCUT2D eigenvalue weighted by atomic mass is 35.5. The van der Waals surface area contributed by atoms with Crippen molar-refractivity contribution >= 4 is 23.0 Å². The van der Waals surface area contributed by atoms with Gasteiger partial charge in [0.2, 0.25) is 0 Å². The number of aliphatic hydroxyl groups is 1. The Morgan fingerprint density at radius 2 is 2.10 bits per heavy atom. The van der Waals surface area contributed by atoms with E-state index in [1.807, 2.05) is 0 Å². The molecular weight excluding hydrogens is 313 g/mol. The SMILES string of the molecule is CC1(O)CCN(c2cc(Cl)c(C(F)(F)F)cc2[N+](=O)[O-])C1. The van der Waals surface area contributed by atoms with Crippen LogP contribution in [0.4, 0.5) is 24.5 Å². The van der Waals surface area contributed by atoms with Crippen molar-refractivity contribution in [2.45, 2.75) is 25.1 Å². The fourth-order valence-electron chi connectivity index (χ4n) is 2.32. The van der Waals surface area contributed by atoms with E-state index in [0.717, 1.165) is 6.07 Å². The van der Waals surface area contributed by atoms with Crippen LogP contribution in [0, 0.1) is 10.1 Å². The van der Waals surface area contributed by atoms with E-state index < -0.39 is 33.0 Å². The van der Waals surface area contributed by atoms with E-state index in [1.165, 1.54) is 4.90 Å². The molecule has 1 fully saturated rings. The molecule has 1 aliphatic heterocycles. The topological polar surface area (TPSA) is 66.6 Å². The van der Waals surface area contributed by atoms with Gasteiger partial charge in [-0.3, -0.25) is 10.1 Å². The molecule has 5 nitrogen and oxygen atoms in total. The lowest BCUT2D eigenvalue weighted by atomic mass is 10.1. The number of hydrogen-bond donors (Lipinski definition) is 1. The fourth-order valence-corrected chi connectivity index (χ4v) is 2.58. The van der Waals surface area contributed by atoms with Gasteiger partial charge < -0.3 is 10.0 Å². The van der Waals surface area contributed by atoms with Gasteiger partial charge in [-0.05, 0) is 19.4 Å². The van der Waals surface area contributed by atoms with E-state index in [4.69, 9.17) is 11.6 Å². The standard InChI is InChI=1S/C12H12ClF3N2O3/c1-11(19)2-3-17(6-11)9-5-8(13)7(12(14,15)16)4-10(9)18(20)21/h4-5,19H,2-3,6H2,1H3. The number of nitro groups is 1. The molecule has 1 N–H and O–H groups in total. The smallest absolute Gasteiger partial charge is 0.388 e. The molecule has 0 aromatic heterocycles. The third-order valence-corrected chi connectivity index (χ3v) is 3.67. The number of β-amino-alcohol motifs (C(OH)–C–C–N with tert-alkyl or cyclic N) is 1. The predicted molar refractivity (Wildman–Crippen MR) is 70.6 cm³/mol. The molecule has 2 rings (SSSR count). The summed E-state index contributed by atoms with van der Waals surface area (Å²) in [5.41, 5.74) is -2.98. The summed E-state index contributed by atoms with van der Waals surface area (Å²) in [6, 6.07) is 1.37. The van der Waals surface area contributed by atoms with Crippen LogP contribution in [-0.2, 0) is 6.18 Å². The Labute approximate surface area is 123 Å². The van der Waals surface area contributed by atoms with Crippen LogP contribution >= 0.6 is 11.6 Å². The molecule has 21 heavy (non-hydrogen) atoms. The molecule has 116 valence electrons. The van der Waals surface area contributed by atoms with Gasteiger partial charge in [0.15, 0.2) is 0 Å². The second-order valence-corrected chi connectivity index (χ2v) is 5.65. The summed E-state index contributed by atoms with van der Waals surface area (Å²) in [5, 5.41) is 20.3. The average Bonchev–Trinajstić information content (AvgIpc) is 2.67. The summed E-state index contributed by atoms with van der Waals surface area (Å²) >= 11 is 5.61. The summed E-state index contributed by atoms with van der Waals surface area (Å²) in [4.78, 5) is 11.6. The highest BCUT2D eigenvalue weighted by Crippen LogP contribution is 2.42.